The molecule has 8 saturated carbocycles. The SMILES string of the molecule is C1=C(COCCOc2cc(C34CC5CC(CC(C5)C3)C4)c3c(C45CC6CC(CC(C6)C4)C5)c(OCCOCC4=CO4)ccc3c2)O1. The highest BCUT2D eigenvalue weighted by molar-refractivity contribution is 5.94. The number of rotatable bonds is 14. The van der Waals surface area contributed by atoms with Gasteiger partial charge in [0.15, 0.2) is 11.5 Å². The molecule has 244 valence electrons. The van der Waals surface area contributed by atoms with E-state index in [1.165, 1.54) is 87.8 Å². The van der Waals surface area contributed by atoms with Crippen molar-refractivity contribution in [3.8, 4) is 11.5 Å². The summed E-state index contributed by atoms with van der Waals surface area (Å²) in [5, 5.41) is 2.87. The summed E-state index contributed by atoms with van der Waals surface area (Å²) in [6, 6.07) is 9.44. The third-order valence-corrected chi connectivity index (χ3v) is 13.3. The second-order valence-electron chi connectivity index (χ2n) is 16.6. The molecule has 0 aromatic heterocycles. The van der Waals surface area contributed by atoms with E-state index in [0.717, 1.165) is 58.5 Å². The first-order valence-corrected chi connectivity index (χ1v) is 18.3. The second-order valence-corrected chi connectivity index (χ2v) is 16.6. The summed E-state index contributed by atoms with van der Waals surface area (Å²) in [4.78, 5) is 0. The van der Waals surface area contributed by atoms with Crippen molar-refractivity contribution in [1.29, 1.82) is 0 Å². The van der Waals surface area contributed by atoms with Gasteiger partial charge in [-0.25, -0.2) is 0 Å². The van der Waals surface area contributed by atoms with E-state index in [1.54, 1.807) is 23.7 Å². The smallest absolute Gasteiger partial charge is 0.164 e. The van der Waals surface area contributed by atoms with Crippen molar-refractivity contribution in [2.45, 2.75) is 87.9 Å². The van der Waals surface area contributed by atoms with Crippen LogP contribution in [0.15, 0.2) is 48.3 Å². The zero-order valence-corrected chi connectivity index (χ0v) is 27.1. The average Bonchev–Trinajstić information content (AvgIpc) is 3.95. The molecule has 8 bridgehead atoms. The zero-order valence-electron chi connectivity index (χ0n) is 27.1. The molecule has 2 heterocycles. The molecule has 8 fully saturated rings. The molecule has 2 aliphatic heterocycles. The normalized spacial score (nSPS) is 37.1. The Morgan fingerprint density at radius 3 is 1.61 bits per heavy atom. The molecule has 2 aromatic carbocycles. The van der Waals surface area contributed by atoms with Gasteiger partial charge in [0.25, 0.3) is 0 Å². The van der Waals surface area contributed by atoms with E-state index in [1.807, 2.05) is 0 Å². The Bertz CT molecular complexity index is 1520. The average molecular weight is 625 g/mol. The van der Waals surface area contributed by atoms with Gasteiger partial charge in [-0.3, -0.25) is 0 Å². The quantitative estimate of drug-likeness (QED) is 0.197. The fourth-order valence-electron chi connectivity index (χ4n) is 12.4. The van der Waals surface area contributed by atoms with Crippen molar-refractivity contribution in [1.82, 2.24) is 0 Å². The van der Waals surface area contributed by atoms with Crippen LogP contribution in [0.5, 0.6) is 11.5 Å². The maximum Gasteiger partial charge on any atom is 0.164 e. The van der Waals surface area contributed by atoms with Gasteiger partial charge in [0, 0.05) is 11.0 Å². The predicted molar refractivity (Wildman–Crippen MR) is 175 cm³/mol. The van der Waals surface area contributed by atoms with Crippen molar-refractivity contribution in [2.75, 3.05) is 39.6 Å². The van der Waals surface area contributed by atoms with E-state index >= 15 is 0 Å². The van der Waals surface area contributed by atoms with Crippen LogP contribution in [-0.2, 0) is 29.8 Å². The Kier molecular flexibility index (Phi) is 6.72. The number of hydrogen-bond donors (Lipinski definition) is 0. The van der Waals surface area contributed by atoms with Gasteiger partial charge in [-0.15, -0.1) is 0 Å². The molecule has 12 rings (SSSR count). The van der Waals surface area contributed by atoms with Crippen molar-refractivity contribution in [3.63, 3.8) is 0 Å². The van der Waals surface area contributed by atoms with Gasteiger partial charge in [-0.1, -0.05) is 6.07 Å². The lowest BCUT2D eigenvalue weighted by atomic mass is 9.46. The maximum absolute atomic E-state index is 6.81. The minimum atomic E-state index is 0.212. The minimum Gasteiger partial charge on any atom is -0.491 e. The van der Waals surface area contributed by atoms with Crippen LogP contribution >= 0.6 is 0 Å². The highest BCUT2D eigenvalue weighted by Crippen LogP contribution is 2.66. The zero-order chi connectivity index (χ0) is 30.3. The van der Waals surface area contributed by atoms with E-state index in [9.17, 15) is 0 Å². The van der Waals surface area contributed by atoms with E-state index in [4.69, 9.17) is 28.4 Å². The van der Waals surface area contributed by atoms with Gasteiger partial charge < -0.3 is 28.4 Å². The number of fused-ring (bicyclic) bond motifs is 1. The van der Waals surface area contributed by atoms with Crippen LogP contribution in [-0.4, -0.2) is 39.6 Å². The van der Waals surface area contributed by atoms with Crippen molar-refractivity contribution >= 4 is 10.8 Å². The Morgan fingerprint density at radius 2 is 1.09 bits per heavy atom. The fraction of sp³-hybridized carbons (Fsp3) is 0.650. The summed E-state index contributed by atoms with van der Waals surface area (Å²) in [5.74, 6) is 9.20. The number of hydrogen-bond acceptors (Lipinski definition) is 6. The largest absolute Gasteiger partial charge is 0.491 e. The highest BCUT2D eigenvalue weighted by Gasteiger charge is 2.55. The van der Waals surface area contributed by atoms with E-state index < -0.39 is 0 Å². The van der Waals surface area contributed by atoms with Crippen molar-refractivity contribution in [2.24, 2.45) is 35.5 Å². The molecule has 46 heavy (non-hydrogen) atoms. The third kappa shape index (κ3) is 5.13. The summed E-state index contributed by atoms with van der Waals surface area (Å²) < 4.78 is 35.2. The van der Waals surface area contributed by atoms with E-state index in [2.05, 4.69) is 24.3 Å². The van der Waals surface area contributed by atoms with Crippen molar-refractivity contribution in [3.05, 3.63) is 59.4 Å². The van der Waals surface area contributed by atoms with Crippen LogP contribution < -0.4 is 9.47 Å². The van der Waals surface area contributed by atoms with Crippen LogP contribution in [0.1, 0.15) is 88.2 Å². The fourth-order valence-corrected chi connectivity index (χ4v) is 12.4. The molecule has 8 aliphatic carbocycles. The molecule has 6 heteroatoms. The first-order valence-electron chi connectivity index (χ1n) is 18.3. The standard InChI is InChI=1S/C40H48O6/c1-2-36(44-6-4-42-22-34-24-46-34)38(40-18-28-10-29(19-40)12-30(11-28)20-40)37-31(1)13-32(43-5-3-41-21-33-23-45-33)14-35(37)39-15-25-7-26(16-39)9-27(8-25)17-39/h1-2,13-14,23-30H,3-12,15-22H2. The summed E-state index contributed by atoms with van der Waals surface area (Å²) in [6.07, 6.45) is 20.2. The Hall–Kier alpha value is -2.70. The molecule has 0 spiro atoms. The molecule has 10 aliphatic rings. The first kappa shape index (κ1) is 28.3. The summed E-state index contributed by atoms with van der Waals surface area (Å²) in [5.41, 5.74) is 3.59. The van der Waals surface area contributed by atoms with Crippen LogP contribution in [0.3, 0.4) is 0 Å². The Morgan fingerprint density at radius 1 is 0.587 bits per heavy atom. The highest BCUT2D eigenvalue weighted by atomic mass is 16.6. The lowest BCUT2D eigenvalue weighted by Gasteiger charge is -2.59. The Labute approximate surface area is 272 Å². The number of ether oxygens (including phenoxy) is 6. The summed E-state index contributed by atoms with van der Waals surface area (Å²) in [6.45, 7) is 3.31. The molecule has 0 atom stereocenters. The lowest BCUT2D eigenvalue weighted by Crippen LogP contribution is -2.50. The van der Waals surface area contributed by atoms with Gasteiger partial charge >= 0.3 is 0 Å². The molecule has 0 radical (unpaired) electrons. The van der Waals surface area contributed by atoms with Gasteiger partial charge in [0.05, 0.1) is 13.2 Å². The van der Waals surface area contributed by atoms with Crippen molar-refractivity contribution < 1.29 is 28.4 Å². The topological polar surface area (TPSA) is 62.0 Å². The molecule has 0 amide bonds. The van der Waals surface area contributed by atoms with Crippen LogP contribution in [0.4, 0.5) is 0 Å². The van der Waals surface area contributed by atoms with E-state index in [-0.39, 0.29) is 10.8 Å². The minimum absolute atomic E-state index is 0.212. The molecule has 0 saturated heterocycles. The van der Waals surface area contributed by atoms with Gasteiger partial charge in [-0.2, -0.15) is 0 Å². The lowest BCUT2D eigenvalue weighted by molar-refractivity contribution is -0.00774. The van der Waals surface area contributed by atoms with Crippen LogP contribution in [0, 0.1) is 35.5 Å². The van der Waals surface area contributed by atoms with Gasteiger partial charge in [-0.05, 0) is 153 Å². The van der Waals surface area contributed by atoms with E-state index in [0.29, 0.717) is 39.6 Å². The molecular formula is C40H48O6. The predicted octanol–water partition coefficient (Wildman–Crippen LogP) is 8.31. The maximum atomic E-state index is 6.81. The molecule has 0 N–H and O–H groups in total. The monoisotopic (exact) mass is 624 g/mol. The van der Waals surface area contributed by atoms with Gasteiger partial charge in [0.2, 0.25) is 0 Å². The third-order valence-electron chi connectivity index (χ3n) is 13.3. The molecule has 2 aromatic rings. The molecule has 6 nitrogen and oxygen atoms in total. The summed E-state index contributed by atoms with van der Waals surface area (Å²) >= 11 is 0. The van der Waals surface area contributed by atoms with Gasteiger partial charge in [0.1, 0.15) is 50.5 Å². The molecule has 0 unspecified atom stereocenters. The summed E-state index contributed by atoms with van der Waals surface area (Å²) in [7, 11) is 0. The molecular weight excluding hydrogens is 576 g/mol. The van der Waals surface area contributed by atoms with Crippen LogP contribution in [0.2, 0.25) is 0 Å². The van der Waals surface area contributed by atoms with Crippen LogP contribution in [0.25, 0.3) is 10.8 Å². The first-order chi connectivity index (χ1) is 22.6. The number of benzene rings is 2. The second kappa shape index (κ2) is 10.9. The Balaban J connectivity index is 1.07.